The Hall–Kier alpha value is -1.42. The molecule has 0 unspecified atom stereocenters. The minimum atomic E-state index is -5.90. The summed E-state index contributed by atoms with van der Waals surface area (Å²) in [5.41, 5.74) is -11.0. The first-order valence-electron chi connectivity index (χ1n) is 9.27. The molecule has 1 rings (SSSR count). The van der Waals surface area contributed by atoms with E-state index in [0.29, 0.717) is 5.56 Å². The van der Waals surface area contributed by atoms with E-state index >= 15 is 0 Å². The second-order valence-corrected chi connectivity index (χ2v) is 11.1. The number of halogens is 6. The lowest BCUT2D eigenvalue weighted by atomic mass is 10.0. The fraction of sp³-hybridized carbons (Fsp3) is 0.647. The van der Waals surface area contributed by atoms with Gasteiger partial charge in [0.2, 0.25) is 0 Å². The van der Waals surface area contributed by atoms with Crippen molar-refractivity contribution in [2.75, 3.05) is 0 Å². The number of hydrogen-bond acceptors (Lipinski definition) is 5. The highest BCUT2D eigenvalue weighted by Crippen LogP contribution is 2.28. The molecule has 186 valence electrons. The van der Waals surface area contributed by atoms with Crippen LogP contribution < -0.4 is 9.44 Å². The molecule has 0 aliphatic carbocycles. The predicted octanol–water partition coefficient (Wildman–Crippen LogP) is 3.33. The van der Waals surface area contributed by atoms with Crippen LogP contribution in [0.2, 0.25) is 0 Å². The molecule has 2 atom stereocenters. The monoisotopic (exact) mass is 513 g/mol. The van der Waals surface area contributed by atoms with Crippen LogP contribution in [0.5, 0.6) is 0 Å². The normalized spacial score (nSPS) is 16.0. The van der Waals surface area contributed by atoms with Gasteiger partial charge < -0.3 is 0 Å². The molecule has 0 aromatic heterocycles. The molecule has 0 saturated carbocycles. The van der Waals surface area contributed by atoms with E-state index in [1.165, 1.54) is 49.3 Å². The third-order valence-electron chi connectivity index (χ3n) is 4.35. The van der Waals surface area contributed by atoms with Crippen molar-refractivity contribution in [2.45, 2.75) is 57.6 Å². The minimum absolute atomic E-state index is 0.354. The zero-order valence-electron chi connectivity index (χ0n) is 17.6. The second kappa shape index (κ2) is 10.2. The Labute approximate surface area is 183 Å². The molecule has 0 aliphatic heterocycles. The van der Waals surface area contributed by atoms with E-state index in [0.717, 1.165) is 4.90 Å². The number of hydrogen-bond donors (Lipinski definition) is 2. The average Bonchev–Trinajstić information content (AvgIpc) is 2.61. The van der Waals surface area contributed by atoms with Crippen molar-refractivity contribution in [3.8, 4) is 0 Å². The third kappa shape index (κ3) is 7.30. The molecule has 1 aromatic carbocycles. The number of alkyl halides is 6. The maximum absolute atomic E-state index is 13.0. The van der Waals surface area contributed by atoms with Crippen LogP contribution in [0.15, 0.2) is 30.3 Å². The first-order valence-corrected chi connectivity index (χ1v) is 12.2. The lowest BCUT2D eigenvalue weighted by Crippen LogP contribution is -2.62. The van der Waals surface area contributed by atoms with Crippen molar-refractivity contribution in [1.29, 1.82) is 0 Å². The van der Waals surface area contributed by atoms with Crippen molar-refractivity contribution >= 4 is 20.0 Å². The number of benzene rings is 1. The van der Waals surface area contributed by atoms with Gasteiger partial charge in [0.15, 0.2) is 0 Å². The van der Waals surface area contributed by atoms with Crippen LogP contribution >= 0.6 is 0 Å². The molecule has 0 bridgehead atoms. The van der Waals surface area contributed by atoms with E-state index in [-0.39, 0.29) is 6.54 Å². The van der Waals surface area contributed by atoms with E-state index in [4.69, 9.17) is 0 Å². The summed E-state index contributed by atoms with van der Waals surface area (Å²) in [7, 11) is -11.8. The molecule has 0 spiro atoms. The van der Waals surface area contributed by atoms with Gasteiger partial charge >= 0.3 is 31.1 Å². The topological polar surface area (TPSA) is 95.6 Å². The summed E-state index contributed by atoms with van der Waals surface area (Å²) >= 11 is 0. The summed E-state index contributed by atoms with van der Waals surface area (Å²) in [4.78, 5) is 0.928. The summed E-state index contributed by atoms with van der Waals surface area (Å²) < 4.78 is 128. The highest BCUT2D eigenvalue weighted by atomic mass is 32.2. The van der Waals surface area contributed by atoms with Crippen LogP contribution in [0.3, 0.4) is 0 Å². The molecule has 0 saturated heterocycles. The van der Waals surface area contributed by atoms with Gasteiger partial charge in [0.1, 0.15) is 0 Å². The van der Waals surface area contributed by atoms with E-state index in [9.17, 15) is 43.2 Å². The van der Waals surface area contributed by atoms with E-state index in [1.807, 2.05) is 0 Å². The zero-order valence-corrected chi connectivity index (χ0v) is 19.2. The number of sulfonamides is 2. The number of nitrogens with one attached hydrogen (secondary N) is 2. The Morgan fingerprint density at radius 1 is 0.750 bits per heavy atom. The Morgan fingerprint density at radius 2 is 1.09 bits per heavy atom. The van der Waals surface area contributed by atoms with Crippen molar-refractivity contribution in [3.05, 3.63) is 35.9 Å². The van der Waals surface area contributed by atoms with Crippen LogP contribution in [0, 0.1) is 11.8 Å². The molecular formula is C17H25F6N3O4S2. The maximum Gasteiger partial charge on any atom is 0.511 e. The molecule has 1 aromatic rings. The molecule has 0 heterocycles. The van der Waals surface area contributed by atoms with Crippen LogP contribution in [0.25, 0.3) is 0 Å². The van der Waals surface area contributed by atoms with Crippen molar-refractivity contribution < 1.29 is 43.2 Å². The largest absolute Gasteiger partial charge is 0.511 e. The Bertz CT molecular complexity index is 891. The van der Waals surface area contributed by atoms with Crippen molar-refractivity contribution in [2.24, 2.45) is 11.8 Å². The molecule has 32 heavy (non-hydrogen) atoms. The third-order valence-corrected chi connectivity index (χ3v) is 6.67. The highest BCUT2D eigenvalue weighted by molar-refractivity contribution is 7.90. The van der Waals surface area contributed by atoms with Crippen molar-refractivity contribution in [1.82, 2.24) is 14.3 Å². The van der Waals surface area contributed by atoms with Gasteiger partial charge in [-0.3, -0.25) is 4.90 Å². The average molecular weight is 514 g/mol. The van der Waals surface area contributed by atoms with Crippen LogP contribution in [0.4, 0.5) is 26.3 Å². The first-order chi connectivity index (χ1) is 14.3. The molecule has 0 fully saturated rings. The summed E-state index contributed by atoms with van der Waals surface area (Å²) in [6.07, 6.45) is -3.41. The second-order valence-electron chi connectivity index (χ2n) is 7.67. The predicted molar refractivity (Wildman–Crippen MR) is 105 cm³/mol. The van der Waals surface area contributed by atoms with E-state index in [1.54, 1.807) is 18.2 Å². The molecule has 0 amide bonds. The van der Waals surface area contributed by atoms with Gasteiger partial charge in [0, 0.05) is 6.54 Å². The highest BCUT2D eigenvalue weighted by Gasteiger charge is 2.51. The SMILES string of the molecule is CC(C)[C@@H](NS(=O)(=O)C(F)(F)F)N(Cc1ccccc1)[C@H](NS(=O)(=O)C(F)(F)F)C(C)C. The maximum atomic E-state index is 13.0. The van der Waals surface area contributed by atoms with Gasteiger partial charge in [0.25, 0.3) is 0 Å². The first kappa shape index (κ1) is 28.6. The molecule has 2 N–H and O–H groups in total. The molecule has 7 nitrogen and oxygen atoms in total. The molecule has 0 radical (unpaired) electrons. The van der Waals surface area contributed by atoms with Gasteiger partial charge in [0.05, 0.1) is 12.3 Å². The fourth-order valence-electron chi connectivity index (χ4n) is 2.79. The molecular weight excluding hydrogens is 488 g/mol. The van der Waals surface area contributed by atoms with E-state index in [2.05, 4.69) is 0 Å². The minimum Gasteiger partial charge on any atom is -0.266 e. The number of rotatable bonds is 10. The smallest absolute Gasteiger partial charge is 0.266 e. The van der Waals surface area contributed by atoms with Gasteiger partial charge in [-0.1, -0.05) is 58.0 Å². The van der Waals surface area contributed by atoms with E-state index < -0.39 is 55.2 Å². The quantitative estimate of drug-likeness (QED) is 0.370. The summed E-state index contributed by atoms with van der Waals surface area (Å²) in [5.74, 6) is -1.79. The molecule has 15 heteroatoms. The van der Waals surface area contributed by atoms with Crippen molar-refractivity contribution in [3.63, 3.8) is 0 Å². The van der Waals surface area contributed by atoms with Crippen LogP contribution in [-0.4, -0.2) is 45.1 Å². The van der Waals surface area contributed by atoms with Gasteiger partial charge in [-0.25, -0.2) is 16.8 Å². The van der Waals surface area contributed by atoms with Gasteiger partial charge in [-0.15, -0.1) is 0 Å². The Morgan fingerprint density at radius 3 is 1.38 bits per heavy atom. The lowest BCUT2D eigenvalue weighted by Gasteiger charge is -2.42. The Kier molecular flexibility index (Phi) is 9.15. The fourth-order valence-corrected chi connectivity index (χ4v) is 4.51. The standard InChI is InChI=1S/C17H25F6N3O4S2/c1-11(2)14(24-31(27,28)16(18,19)20)26(10-13-8-6-5-7-9-13)15(12(3)4)25-32(29,30)17(21,22)23/h5-9,11-12,14-15,24-25H,10H2,1-4H3/t14-,15-/m0/s1. The van der Waals surface area contributed by atoms with Gasteiger partial charge in [-0.2, -0.15) is 35.8 Å². The zero-order chi connectivity index (χ0) is 25.1. The summed E-state index contributed by atoms with van der Waals surface area (Å²) in [6.45, 7) is 5.02. The summed E-state index contributed by atoms with van der Waals surface area (Å²) in [6, 6.07) is 7.76. The summed E-state index contributed by atoms with van der Waals surface area (Å²) in [5, 5.41) is 0. The number of nitrogens with zero attached hydrogens (tertiary/aromatic N) is 1. The lowest BCUT2D eigenvalue weighted by molar-refractivity contribution is -0.0490. The molecule has 0 aliphatic rings. The van der Waals surface area contributed by atoms with Gasteiger partial charge in [-0.05, 0) is 17.4 Å². The Balaban J connectivity index is 3.58. The van der Waals surface area contributed by atoms with Crippen LogP contribution in [0.1, 0.15) is 33.3 Å². The van der Waals surface area contributed by atoms with Crippen LogP contribution in [-0.2, 0) is 26.6 Å².